The Morgan fingerprint density at radius 3 is 2.67 bits per heavy atom. The number of rotatable bonds is 5. The zero-order valence-corrected chi connectivity index (χ0v) is 16.2. The molecule has 0 N–H and O–H groups in total. The first-order valence-electron chi connectivity index (χ1n) is 9.43. The van der Waals surface area contributed by atoms with Crippen LogP contribution in [0.1, 0.15) is 48.4 Å². The summed E-state index contributed by atoms with van der Waals surface area (Å²) in [7, 11) is 0. The van der Waals surface area contributed by atoms with Gasteiger partial charge in [-0.05, 0) is 37.5 Å². The van der Waals surface area contributed by atoms with Gasteiger partial charge in [0.1, 0.15) is 10.8 Å². The minimum atomic E-state index is -0.213. The molecule has 0 spiro atoms. The molecule has 0 aliphatic heterocycles. The Balaban J connectivity index is 1.60. The molecule has 1 saturated carbocycles. The SMILES string of the molecule is Cc1cc(=O)n2nc(CN(Cc3ccc(F)cc3)C3CCCCC3)sc2n1. The second kappa shape index (κ2) is 7.86. The lowest BCUT2D eigenvalue weighted by molar-refractivity contribution is 0.139. The van der Waals surface area contributed by atoms with Crippen molar-refractivity contribution in [1.82, 2.24) is 19.5 Å². The van der Waals surface area contributed by atoms with Crippen molar-refractivity contribution in [2.45, 2.75) is 58.2 Å². The van der Waals surface area contributed by atoms with E-state index in [0.29, 0.717) is 23.2 Å². The molecule has 1 fully saturated rings. The van der Waals surface area contributed by atoms with E-state index in [1.807, 2.05) is 19.1 Å². The van der Waals surface area contributed by atoms with Crippen LogP contribution in [0.3, 0.4) is 0 Å². The van der Waals surface area contributed by atoms with E-state index in [4.69, 9.17) is 0 Å². The number of hydrogen-bond donors (Lipinski definition) is 0. The average molecular weight is 386 g/mol. The fourth-order valence-electron chi connectivity index (χ4n) is 3.78. The van der Waals surface area contributed by atoms with Crippen LogP contribution in [0.5, 0.6) is 0 Å². The van der Waals surface area contributed by atoms with Gasteiger partial charge in [0.25, 0.3) is 5.56 Å². The van der Waals surface area contributed by atoms with Gasteiger partial charge >= 0.3 is 0 Å². The van der Waals surface area contributed by atoms with Gasteiger partial charge in [-0.1, -0.05) is 42.7 Å². The maximum Gasteiger partial charge on any atom is 0.275 e. The summed E-state index contributed by atoms with van der Waals surface area (Å²) in [4.78, 5) is 19.6. The number of nitrogens with zero attached hydrogens (tertiary/aromatic N) is 4. The normalized spacial score (nSPS) is 15.7. The number of fused-ring (bicyclic) bond motifs is 1. The highest BCUT2D eigenvalue weighted by Crippen LogP contribution is 2.26. The average Bonchev–Trinajstić information content (AvgIpc) is 3.06. The molecule has 142 valence electrons. The Hall–Kier alpha value is -2.12. The maximum atomic E-state index is 13.3. The van der Waals surface area contributed by atoms with Crippen molar-refractivity contribution in [1.29, 1.82) is 0 Å². The first-order valence-corrected chi connectivity index (χ1v) is 10.2. The van der Waals surface area contributed by atoms with Gasteiger partial charge in [-0.15, -0.1) is 0 Å². The fraction of sp³-hybridized carbons (Fsp3) is 0.450. The number of hydrogen-bond acceptors (Lipinski definition) is 5. The molecule has 2 aromatic heterocycles. The molecule has 0 unspecified atom stereocenters. The zero-order valence-electron chi connectivity index (χ0n) is 15.4. The monoisotopic (exact) mass is 386 g/mol. The number of aryl methyl sites for hydroxylation is 1. The summed E-state index contributed by atoms with van der Waals surface area (Å²) in [6, 6.07) is 8.71. The van der Waals surface area contributed by atoms with Crippen molar-refractivity contribution in [3.05, 3.63) is 62.8 Å². The van der Waals surface area contributed by atoms with E-state index in [1.165, 1.54) is 66.2 Å². The van der Waals surface area contributed by atoms with Gasteiger partial charge in [0.05, 0.1) is 6.54 Å². The lowest BCUT2D eigenvalue weighted by atomic mass is 9.94. The molecule has 5 nitrogen and oxygen atoms in total. The van der Waals surface area contributed by atoms with Crippen molar-refractivity contribution in [3.8, 4) is 0 Å². The van der Waals surface area contributed by atoms with E-state index in [1.54, 1.807) is 0 Å². The second-order valence-corrected chi connectivity index (χ2v) is 8.29. The number of benzene rings is 1. The molecular formula is C20H23FN4OS. The van der Waals surface area contributed by atoms with Gasteiger partial charge in [-0.3, -0.25) is 9.69 Å². The molecular weight excluding hydrogens is 363 g/mol. The van der Waals surface area contributed by atoms with Crippen LogP contribution >= 0.6 is 11.3 Å². The van der Waals surface area contributed by atoms with Crippen molar-refractivity contribution in [3.63, 3.8) is 0 Å². The first kappa shape index (κ1) is 18.3. The molecule has 1 aromatic carbocycles. The highest BCUT2D eigenvalue weighted by atomic mass is 32.1. The molecule has 4 rings (SSSR count). The van der Waals surface area contributed by atoms with Crippen LogP contribution in [0, 0.1) is 12.7 Å². The van der Waals surface area contributed by atoms with Crippen LogP contribution in [0.25, 0.3) is 4.96 Å². The van der Waals surface area contributed by atoms with Crippen molar-refractivity contribution < 1.29 is 4.39 Å². The predicted octanol–water partition coefficient (Wildman–Crippen LogP) is 3.93. The van der Waals surface area contributed by atoms with Crippen LogP contribution in [-0.4, -0.2) is 25.5 Å². The Kier molecular flexibility index (Phi) is 5.31. The molecule has 0 atom stereocenters. The first-order chi connectivity index (χ1) is 13.1. The third kappa shape index (κ3) is 4.25. The van der Waals surface area contributed by atoms with Crippen LogP contribution in [-0.2, 0) is 13.1 Å². The highest BCUT2D eigenvalue weighted by Gasteiger charge is 2.23. The fourth-order valence-corrected chi connectivity index (χ4v) is 4.75. The minimum absolute atomic E-state index is 0.136. The van der Waals surface area contributed by atoms with E-state index in [0.717, 1.165) is 17.1 Å². The predicted molar refractivity (Wildman–Crippen MR) is 104 cm³/mol. The molecule has 7 heteroatoms. The summed E-state index contributed by atoms with van der Waals surface area (Å²) >= 11 is 1.47. The van der Waals surface area contributed by atoms with Gasteiger partial charge in [-0.2, -0.15) is 9.61 Å². The third-order valence-corrected chi connectivity index (χ3v) is 6.04. The topological polar surface area (TPSA) is 50.5 Å². The summed E-state index contributed by atoms with van der Waals surface area (Å²) in [5, 5.41) is 5.39. The van der Waals surface area contributed by atoms with E-state index in [-0.39, 0.29) is 11.4 Å². The molecule has 1 aliphatic rings. The Morgan fingerprint density at radius 1 is 1.19 bits per heavy atom. The molecule has 2 heterocycles. The summed E-state index contributed by atoms with van der Waals surface area (Å²) < 4.78 is 14.6. The third-order valence-electron chi connectivity index (χ3n) is 5.14. The largest absolute Gasteiger partial charge is 0.289 e. The molecule has 0 radical (unpaired) electrons. The zero-order chi connectivity index (χ0) is 18.8. The van der Waals surface area contributed by atoms with Crippen molar-refractivity contribution in [2.75, 3.05) is 0 Å². The summed E-state index contributed by atoms with van der Waals surface area (Å²) in [5.41, 5.74) is 1.67. The summed E-state index contributed by atoms with van der Waals surface area (Å²) in [6.45, 7) is 3.25. The lowest BCUT2D eigenvalue weighted by Crippen LogP contribution is -2.35. The second-order valence-electron chi connectivity index (χ2n) is 7.25. The van der Waals surface area contributed by atoms with E-state index in [2.05, 4.69) is 15.0 Å². The maximum absolute atomic E-state index is 13.3. The Bertz CT molecular complexity index is 976. The summed E-state index contributed by atoms with van der Waals surface area (Å²) in [6.07, 6.45) is 6.11. The highest BCUT2D eigenvalue weighted by molar-refractivity contribution is 7.16. The molecule has 1 aliphatic carbocycles. The number of aromatic nitrogens is 3. The molecule has 3 aromatic rings. The minimum Gasteiger partial charge on any atom is -0.289 e. The molecule has 0 amide bonds. The van der Waals surface area contributed by atoms with Crippen molar-refractivity contribution in [2.24, 2.45) is 0 Å². The van der Waals surface area contributed by atoms with Gasteiger partial charge in [0.2, 0.25) is 4.96 Å². The van der Waals surface area contributed by atoms with E-state index < -0.39 is 0 Å². The smallest absolute Gasteiger partial charge is 0.275 e. The van der Waals surface area contributed by atoms with E-state index >= 15 is 0 Å². The summed E-state index contributed by atoms with van der Waals surface area (Å²) in [5.74, 6) is -0.213. The molecule has 27 heavy (non-hydrogen) atoms. The quantitative estimate of drug-likeness (QED) is 0.667. The van der Waals surface area contributed by atoms with Crippen LogP contribution in [0.2, 0.25) is 0 Å². The lowest BCUT2D eigenvalue weighted by Gasteiger charge is -2.33. The van der Waals surface area contributed by atoms with E-state index in [9.17, 15) is 9.18 Å². The van der Waals surface area contributed by atoms with Gasteiger partial charge in [0, 0.05) is 24.3 Å². The number of halogens is 1. The van der Waals surface area contributed by atoms with Gasteiger partial charge < -0.3 is 0 Å². The Morgan fingerprint density at radius 2 is 1.93 bits per heavy atom. The Labute approximate surface area is 161 Å². The van der Waals surface area contributed by atoms with Crippen molar-refractivity contribution >= 4 is 16.3 Å². The van der Waals surface area contributed by atoms with Crippen LogP contribution < -0.4 is 5.56 Å². The van der Waals surface area contributed by atoms with Crippen LogP contribution in [0.15, 0.2) is 35.1 Å². The molecule has 0 bridgehead atoms. The standard InChI is InChI=1S/C20H23FN4OS/c1-14-11-19(26)25-20(22-14)27-18(23-25)13-24(17-5-3-2-4-6-17)12-15-7-9-16(21)10-8-15/h7-11,17H,2-6,12-13H2,1H3. The van der Waals surface area contributed by atoms with Gasteiger partial charge in [-0.25, -0.2) is 9.37 Å². The molecule has 0 saturated heterocycles. The van der Waals surface area contributed by atoms with Crippen LogP contribution in [0.4, 0.5) is 4.39 Å². The van der Waals surface area contributed by atoms with Gasteiger partial charge in [0.15, 0.2) is 0 Å².